The fourth-order valence-electron chi connectivity index (χ4n) is 4.34. The van der Waals surface area contributed by atoms with E-state index in [4.69, 9.17) is 10.1 Å². The normalized spacial score (nSPS) is 19.4. The van der Waals surface area contributed by atoms with Crippen molar-refractivity contribution in [2.24, 2.45) is 0 Å². The Balaban J connectivity index is 1.43. The maximum atomic E-state index is 12.6. The van der Waals surface area contributed by atoms with Gasteiger partial charge in [0.25, 0.3) is 5.56 Å². The Kier molecular flexibility index (Phi) is 4.11. The molecule has 0 N–H and O–H groups in total. The number of para-hydroxylation sites is 2. The van der Waals surface area contributed by atoms with Gasteiger partial charge in [0.15, 0.2) is 0 Å². The van der Waals surface area contributed by atoms with E-state index in [1.165, 1.54) is 6.42 Å². The van der Waals surface area contributed by atoms with E-state index in [1.54, 1.807) is 10.7 Å². The molecule has 0 amide bonds. The minimum atomic E-state index is 0.0205. The Bertz CT molecular complexity index is 1040. The van der Waals surface area contributed by atoms with Crippen LogP contribution in [-0.4, -0.2) is 32.3 Å². The van der Waals surface area contributed by atoms with Gasteiger partial charge in [0.05, 0.1) is 35.5 Å². The second kappa shape index (κ2) is 6.76. The van der Waals surface area contributed by atoms with Gasteiger partial charge in [-0.15, -0.1) is 0 Å². The first-order valence-corrected chi connectivity index (χ1v) is 9.86. The monoisotopic (exact) mass is 361 g/mol. The highest BCUT2D eigenvalue weighted by Crippen LogP contribution is 2.26. The van der Waals surface area contributed by atoms with Crippen molar-refractivity contribution in [2.75, 3.05) is 11.4 Å². The zero-order valence-electron chi connectivity index (χ0n) is 15.3. The number of hydrogen-bond acceptors (Lipinski definition) is 5. The van der Waals surface area contributed by atoms with Gasteiger partial charge < -0.3 is 4.90 Å². The Morgan fingerprint density at radius 2 is 1.93 bits per heavy atom. The number of nitrogens with zero attached hydrogens (tertiary/aromatic N) is 5. The molecule has 2 aromatic heterocycles. The van der Waals surface area contributed by atoms with E-state index in [0.717, 1.165) is 66.8 Å². The van der Waals surface area contributed by atoms with Crippen LogP contribution in [0, 0.1) is 0 Å². The summed E-state index contributed by atoms with van der Waals surface area (Å²) in [5.41, 5.74) is 4.09. The Hall–Kier alpha value is -2.76. The molecule has 27 heavy (non-hydrogen) atoms. The van der Waals surface area contributed by atoms with Crippen LogP contribution in [0.5, 0.6) is 0 Å². The minimum absolute atomic E-state index is 0.0205. The summed E-state index contributed by atoms with van der Waals surface area (Å²) in [5.74, 6) is 0.891. The number of rotatable bonds is 3. The van der Waals surface area contributed by atoms with Gasteiger partial charge in [-0.2, -0.15) is 5.10 Å². The van der Waals surface area contributed by atoms with Gasteiger partial charge >= 0.3 is 0 Å². The van der Waals surface area contributed by atoms with Crippen molar-refractivity contribution >= 4 is 16.9 Å². The molecule has 6 heteroatoms. The maximum absolute atomic E-state index is 12.6. The third-order valence-electron chi connectivity index (χ3n) is 5.76. The third-order valence-corrected chi connectivity index (χ3v) is 5.76. The van der Waals surface area contributed by atoms with Crippen molar-refractivity contribution in [1.82, 2.24) is 19.7 Å². The van der Waals surface area contributed by atoms with Gasteiger partial charge in [0.2, 0.25) is 0 Å². The number of benzene rings is 1. The number of hydrogen-bond donors (Lipinski definition) is 0. The van der Waals surface area contributed by atoms with Crippen molar-refractivity contribution < 1.29 is 0 Å². The van der Waals surface area contributed by atoms with Crippen LogP contribution in [0.3, 0.4) is 0 Å². The van der Waals surface area contributed by atoms with E-state index in [0.29, 0.717) is 6.54 Å². The first-order valence-electron chi connectivity index (χ1n) is 9.86. The van der Waals surface area contributed by atoms with Gasteiger partial charge in [0, 0.05) is 12.6 Å². The lowest BCUT2D eigenvalue weighted by Gasteiger charge is -2.26. The molecule has 3 aromatic rings. The molecule has 138 valence electrons. The highest BCUT2D eigenvalue weighted by molar-refractivity contribution is 5.75. The van der Waals surface area contributed by atoms with Crippen LogP contribution < -0.4 is 10.5 Å². The molecule has 1 aromatic carbocycles. The molecule has 0 spiro atoms. The topological polar surface area (TPSA) is 63.9 Å². The van der Waals surface area contributed by atoms with Crippen molar-refractivity contribution in [3.05, 3.63) is 58.1 Å². The lowest BCUT2D eigenvalue weighted by molar-refractivity contribution is 0.472. The lowest BCUT2D eigenvalue weighted by Crippen LogP contribution is -2.38. The van der Waals surface area contributed by atoms with Crippen LogP contribution in [0.1, 0.15) is 36.9 Å². The summed E-state index contributed by atoms with van der Waals surface area (Å²) in [6, 6.07) is 9.96. The first kappa shape index (κ1) is 16.4. The van der Waals surface area contributed by atoms with Crippen molar-refractivity contribution in [3.8, 4) is 0 Å². The summed E-state index contributed by atoms with van der Waals surface area (Å²) in [6.07, 6.45) is 8.29. The van der Waals surface area contributed by atoms with Gasteiger partial charge in [-0.1, -0.05) is 12.1 Å². The molecular weight excluding hydrogens is 338 g/mol. The van der Waals surface area contributed by atoms with Crippen LogP contribution in [0.2, 0.25) is 0 Å². The van der Waals surface area contributed by atoms with Crippen molar-refractivity contribution in [3.63, 3.8) is 0 Å². The average molecular weight is 361 g/mol. The molecule has 1 aliphatic heterocycles. The lowest BCUT2D eigenvalue weighted by atomic mass is 9.97. The van der Waals surface area contributed by atoms with E-state index in [9.17, 15) is 4.79 Å². The molecule has 1 saturated heterocycles. The van der Waals surface area contributed by atoms with Crippen LogP contribution >= 0.6 is 0 Å². The molecule has 5 rings (SSSR count). The highest BCUT2D eigenvalue weighted by Gasteiger charge is 2.27. The number of anilines is 1. The Labute approximate surface area is 157 Å². The van der Waals surface area contributed by atoms with Gasteiger partial charge in [0.1, 0.15) is 5.82 Å². The number of fused-ring (bicyclic) bond motifs is 2. The van der Waals surface area contributed by atoms with E-state index in [1.807, 2.05) is 30.5 Å². The van der Waals surface area contributed by atoms with Gasteiger partial charge in [-0.25, -0.2) is 9.67 Å². The Morgan fingerprint density at radius 1 is 1.07 bits per heavy atom. The minimum Gasteiger partial charge on any atom is -0.350 e. The maximum Gasteiger partial charge on any atom is 0.267 e. The summed E-state index contributed by atoms with van der Waals surface area (Å²) < 4.78 is 1.67. The summed E-state index contributed by atoms with van der Waals surface area (Å²) in [5, 5.41) is 4.70. The summed E-state index contributed by atoms with van der Waals surface area (Å²) in [4.78, 5) is 24.2. The molecule has 3 heterocycles. The largest absolute Gasteiger partial charge is 0.350 e. The second-order valence-corrected chi connectivity index (χ2v) is 7.55. The number of aromatic nitrogens is 4. The fourth-order valence-corrected chi connectivity index (χ4v) is 4.34. The molecule has 0 saturated carbocycles. The predicted molar refractivity (Wildman–Crippen MR) is 105 cm³/mol. The van der Waals surface area contributed by atoms with Gasteiger partial charge in [-0.05, 0) is 56.2 Å². The van der Waals surface area contributed by atoms with Crippen molar-refractivity contribution in [2.45, 2.75) is 51.1 Å². The summed E-state index contributed by atoms with van der Waals surface area (Å²) >= 11 is 0. The molecule has 1 unspecified atom stereocenters. The molecular formula is C21H23N5O. The fraction of sp³-hybridized carbons (Fsp3) is 0.429. The SMILES string of the molecule is O=c1cc2c(nn1CC1CCCN1c1cnc3ccccc3n1)CCCC2. The van der Waals surface area contributed by atoms with Crippen molar-refractivity contribution in [1.29, 1.82) is 0 Å². The summed E-state index contributed by atoms with van der Waals surface area (Å²) in [6.45, 7) is 1.55. The Morgan fingerprint density at radius 3 is 2.85 bits per heavy atom. The predicted octanol–water partition coefficient (Wildman–Crippen LogP) is 2.73. The summed E-state index contributed by atoms with van der Waals surface area (Å²) in [7, 11) is 0. The molecule has 1 fully saturated rings. The van der Waals surface area contributed by atoms with E-state index in [2.05, 4.69) is 9.88 Å². The van der Waals surface area contributed by atoms with Crippen LogP contribution in [0.4, 0.5) is 5.82 Å². The second-order valence-electron chi connectivity index (χ2n) is 7.55. The molecule has 0 bridgehead atoms. The molecule has 6 nitrogen and oxygen atoms in total. The van der Waals surface area contributed by atoms with Crippen LogP contribution in [-0.2, 0) is 19.4 Å². The van der Waals surface area contributed by atoms with E-state index in [-0.39, 0.29) is 11.6 Å². The third kappa shape index (κ3) is 3.09. The van der Waals surface area contributed by atoms with E-state index >= 15 is 0 Å². The smallest absolute Gasteiger partial charge is 0.267 e. The molecule has 2 aliphatic rings. The first-order chi connectivity index (χ1) is 13.3. The zero-order chi connectivity index (χ0) is 18.2. The number of aryl methyl sites for hydroxylation is 2. The van der Waals surface area contributed by atoms with Gasteiger partial charge in [-0.3, -0.25) is 9.78 Å². The van der Waals surface area contributed by atoms with E-state index < -0.39 is 0 Å². The molecule has 1 aliphatic carbocycles. The van der Waals surface area contributed by atoms with Crippen LogP contribution in [0.25, 0.3) is 11.0 Å². The average Bonchev–Trinajstić information content (AvgIpc) is 3.16. The highest BCUT2D eigenvalue weighted by atomic mass is 16.1. The quantitative estimate of drug-likeness (QED) is 0.718. The standard InChI is InChI=1S/C21H23N5O/c27-21-12-15-6-1-2-8-17(15)24-26(21)14-16-7-5-11-25(16)20-13-22-18-9-3-4-10-19(18)23-20/h3-4,9-10,12-13,16H,1-2,5-8,11,14H2. The molecule has 1 atom stereocenters. The van der Waals surface area contributed by atoms with Crippen LogP contribution in [0.15, 0.2) is 41.3 Å². The zero-order valence-corrected chi connectivity index (χ0v) is 15.3. The molecule has 0 radical (unpaired) electrons.